The lowest BCUT2D eigenvalue weighted by atomic mass is 9.91. The number of amides is 1. The number of hydrogen-bond donors (Lipinski definition) is 1. The Morgan fingerprint density at radius 2 is 1.82 bits per heavy atom. The van der Waals surface area contributed by atoms with Gasteiger partial charge in [0.25, 0.3) is 0 Å². The van der Waals surface area contributed by atoms with Crippen molar-refractivity contribution < 1.29 is 14.3 Å². The number of amidine groups is 1. The summed E-state index contributed by atoms with van der Waals surface area (Å²) in [6.45, 7) is 6.55. The predicted octanol–water partition coefficient (Wildman–Crippen LogP) is 4.80. The van der Waals surface area contributed by atoms with Gasteiger partial charge < -0.3 is 15.0 Å². The fourth-order valence-corrected chi connectivity index (χ4v) is 4.90. The van der Waals surface area contributed by atoms with Crippen LogP contribution in [-0.4, -0.2) is 35.1 Å². The van der Waals surface area contributed by atoms with E-state index >= 15 is 0 Å². The number of esters is 1. The molecule has 0 saturated heterocycles. The standard InChI is InChI=1S/C26H27N3O3S/c1-4-27-21(30)15-20-16-33-26-28-23(18-9-7-6-8-10-18)22(25(31)32-5-2)24(29(20)26)19-13-11-17(3)12-14-19/h6-14,16,24H,4-5,15H2,1-3H3,(H,27,30). The van der Waals surface area contributed by atoms with Crippen molar-refractivity contribution in [3.63, 3.8) is 0 Å². The zero-order valence-corrected chi connectivity index (χ0v) is 19.8. The van der Waals surface area contributed by atoms with Crippen LogP contribution in [0, 0.1) is 6.92 Å². The minimum Gasteiger partial charge on any atom is -0.463 e. The molecule has 0 fully saturated rings. The fourth-order valence-electron chi connectivity index (χ4n) is 3.98. The number of fused-ring (bicyclic) bond motifs is 1. The number of nitrogens with zero attached hydrogens (tertiary/aromatic N) is 2. The number of rotatable bonds is 7. The van der Waals surface area contributed by atoms with Gasteiger partial charge in [-0.15, -0.1) is 0 Å². The van der Waals surface area contributed by atoms with Crippen LogP contribution in [0.1, 0.15) is 43.0 Å². The lowest BCUT2D eigenvalue weighted by Gasteiger charge is -2.36. The van der Waals surface area contributed by atoms with Gasteiger partial charge >= 0.3 is 5.97 Å². The van der Waals surface area contributed by atoms with Gasteiger partial charge in [0.2, 0.25) is 5.91 Å². The number of carbonyl (C=O) groups excluding carboxylic acids is 2. The minimum absolute atomic E-state index is 0.0659. The molecule has 0 bridgehead atoms. The molecule has 0 aliphatic carbocycles. The highest BCUT2D eigenvalue weighted by Crippen LogP contribution is 2.47. The number of aryl methyl sites for hydroxylation is 1. The first-order chi connectivity index (χ1) is 16.0. The Hall–Kier alpha value is -3.32. The molecule has 0 saturated carbocycles. The van der Waals surface area contributed by atoms with Gasteiger partial charge in [-0.05, 0) is 31.7 Å². The smallest absolute Gasteiger partial charge is 0.338 e. The number of nitrogens with one attached hydrogen (secondary N) is 1. The van der Waals surface area contributed by atoms with E-state index in [1.807, 2.05) is 78.8 Å². The molecule has 4 rings (SSSR count). The number of benzene rings is 2. The molecular formula is C26H27N3O3S. The number of aliphatic imine (C=N–C) groups is 1. The summed E-state index contributed by atoms with van der Waals surface area (Å²) < 4.78 is 5.51. The highest BCUT2D eigenvalue weighted by Gasteiger charge is 2.42. The van der Waals surface area contributed by atoms with Crippen molar-refractivity contribution in [1.29, 1.82) is 0 Å². The third-order valence-electron chi connectivity index (χ3n) is 5.46. The van der Waals surface area contributed by atoms with E-state index < -0.39 is 12.0 Å². The number of ether oxygens (including phenoxy) is 1. The number of thioether (sulfide) groups is 1. The Morgan fingerprint density at radius 1 is 1.09 bits per heavy atom. The molecule has 2 aromatic rings. The monoisotopic (exact) mass is 461 g/mol. The second-order valence-corrected chi connectivity index (χ2v) is 8.62. The Kier molecular flexibility index (Phi) is 6.99. The van der Waals surface area contributed by atoms with Crippen LogP contribution in [0.3, 0.4) is 0 Å². The van der Waals surface area contributed by atoms with E-state index in [0.717, 1.165) is 27.6 Å². The average Bonchev–Trinajstić information content (AvgIpc) is 3.21. The normalized spacial score (nSPS) is 17.3. The Balaban J connectivity index is 1.89. The van der Waals surface area contributed by atoms with Gasteiger partial charge in [-0.3, -0.25) is 4.79 Å². The van der Waals surface area contributed by atoms with Crippen LogP contribution in [0.15, 0.2) is 76.3 Å². The van der Waals surface area contributed by atoms with Crippen LogP contribution in [0.5, 0.6) is 0 Å². The molecule has 0 aromatic heterocycles. The Labute approximate surface area is 198 Å². The fraction of sp³-hybridized carbons (Fsp3) is 0.269. The highest BCUT2D eigenvalue weighted by molar-refractivity contribution is 8.16. The van der Waals surface area contributed by atoms with E-state index in [-0.39, 0.29) is 18.9 Å². The predicted molar refractivity (Wildman–Crippen MR) is 132 cm³/mol. The first kappa shape index (κ1) is 22.9. The van der Waals surface area contributed by atoms with Crippen LogP contribution in [-0.2, 0) is 14.3 Å². The summed E-state index contributed by atoms with van der Waals surface area (Å²) in [6, 6.07) is 17.3. The van der Waals surface area contributed by atoms with Crippen LogP contribution >= 0.6 is 11.8 Å². The second-order valence-electron chi connectivity index (χ2n) is 7.78. The van der Waals surface area contributed by atoms with Gasteiger partial charge in [-0.25, -0.2) is 9.79 Å². The molecule has 0 spiro atoms. The van der Waals surface area contributed by atoms with Gasteiger partial charge in [-0.1, -0.05) is 71.9 Å². The van der Waals surface area contributed by atoms with Crippen molar-refractivity contribution in [2.75, 3.05) is 13.2 Å². The molecule has 2 aliphatic rings. The molecule has 2 aromatic carbocycles. The lowest BCUT2D eigenvalue weighted by molar-refractivity contribution is -0.139. The van der Waals surface area contributed by atoms with E-state index in [9.17, 15) is 9.59 Å². The van der Waals surface area contributed by atoms with E-state index in [1.165, 1.54) is 11.8 Å². The molecule has 170 valence electrons. The first-order valence-corrected chi connectivity index (χ1v) is 11.9. The highest BCUT2D eigenvalue weighted by atomic mass is 32.2. The van der Waals surface area contributed by atoms with E-state index in [4.69, 9.17) is 9.73 Å². The Bertz CT molecular complexity index is 1140. The maximum atomic E-state index is 13.4. The van der Waals surface area contributed by atoms with E-state index in [0.29, 0.717) is 17.8 Å². The van der Waals surface area contributed by atoms with Crippen LogP contribution in [0.25, 0.3) is 5.70 Å². The molecule has 1 amide bonds. The summed E-state index contributed by atoms with van der Waals surface area (Å²) >= 11 is 1.47. The molecule has 0 radical (unpaired) electrons. The first-order valence-electron chi connectivity index (χ1n) is 11.1. The maximum absolute atomic E-state index is 13.4. The van der Waals surface area contributed by atoms with Gasteiger partial charge in [0, 0.05) is 17.8 Å². The third kappa shape index (κ3) is 4.73. The summed E-state index contributed by atoms with van der Waals surface area (Å²) in [5, 5.41) is 5.55. The quantitative estimate of drug-likeness (QED) is 0.600. The zero-order chi connectivity index (χ0) is 23.4. The van der Waals surface area contributed by atoms with Crippen molar-refractivity contribution in [2.45, 2.75) is 33.2 Å². The Morgan fingerprint density at radius 3 is 2.48 bits per heavy atom. The van der Waals surface area contributed by atoms with Crippen LogP contribution in [0.4, 0.5) is 0 Å². The van der Waals surface area contributed by atoms with E-state index in [1.54, 1.807) is 6.92 Å². The van der Waals surface area contributed by atoms with E-state index in [2.05, 4.69) is 5.32 Å². The summed E-state index contributed by atoms with van der Waals surface area (Å²) in [6.07, 6.45) is 0.207. The molecule has 6 nitrogen and oxygen atoms in total. The summed E-state index contributed by atoms with van der Waals surface area (Å²) in [5.74, 6) is -0.470. The molecule has 1 unspecified atom stereocenters. The van der Waals surface area contributed by atoms with Crippen molar-refractivity contribution in [3.05, 3.63) is 88.0 Å². The van der Waals surface area contributed by atoms with Crippen molar-refractivity contribution >= 4 is 34.5 Å². The minimum atomic E-state index is -0.456. The second kappa shape index (κ2) is 10.1. The van der Waals surface area contributed by atoms with Gasteiger partial charge in [-0.2, -0.15) is 0 Å². The molecule has 2 aliphatic heterocycles. The van der Waals surface area contributed by atoms with Gasteiger partial charge in [0.05, 0.1) is 30.3 Å². The van der Waals surface area contributed by atoms with Crippen molar-refractivity contribution in [3.8, 4) is 0 Å². The molecule has 1 N–H and O–H groups in total. The molecule has 2 heterocycles. The summed E-state index contributed by atoms with van der Waals surface area (Å²) in [4.78, 5) is 32.7. The third-order valence-corrected chi connectivity index (χ3v) is 6.35. The van der Waals surface area contributed by atoms with Crippen LogP contribution < -0.4 is 5.32 Å². The van der Waals surface area contributed by atoms with Gasteiger partial charge in [0.1, 0.15) is 0 Å². The van der Waals surface area contributed by atoms with Crippen molar-refractivity contribution in [2.24, 2.45) is 4.99 Å². The number of carbonyl (C=O) groups is 2. The summed E-state index contributed by atoms with van der Waals surface area (Å²) in [5.41, 5.74) is 4.80. The summed E-state index contributed by atoms with van der Waals surface area (Å²) in [7, 11) is 0. The largest absolute Gasteiger partial charge is 0.463 e. The van der Waals surface area contributed by atoms with Gasteiger partial charge in [0.15, 0.2) is 5.17 Å². The SMILES string of the molecule is CCNC(=O)CC1=CSC2=NC(c3ccccc3)=C(C(=O)OCC)C(c3ccc(C)cc3)N12. The molecule has 1 atom stereocenters. The maximum Gasteiger partial charge on any atom is 0.338 e. The zero-order valence-electron chi connectivity index (χ0n) is 19.0. The molecular weight excluding hydrogens is 434 g/mol. The van der Waals surface area contributed by atoms with Crippen LogP contribution in [0.2, 0.25) is 0 Å². The lowest BCUT2D eigenvalue weighted by Crippen LogP contribution is -2.38. The topological polar surface area (TPSA) is 71.0 Å². The number of hydrogen-bond acceptors (Lipinski definition) is 6. The average molecular weight is 462 g/mol. The van der Waals surface area contributed by atoms with Crippen molar-refractivity contribution in [1.82, 2.24) is 10.2 Å². The molecule has 33 heavy (non-hydrogen) atoms. The molecule has 7 heteroatoms.